The first-order chi connectivity index (χ1) is 19.0. The molecule has 202 valence electrons. The van der Waals surface area contributed by atoms with Crippen LogP contribution in [0.5, 0.6) is 6.01 Å². The normalized spacial score (nSPS) is 21.3. The number of carbonyl (C=O) groups is 1. The van der Waals surface area contributed by atoms with Crippen LogP contribution in [0.15, 0.2) is 36.4 Å². The van der Waals surface area contributed by atoms with Gasteiger partial charge in [0.25, 0.3) is 0 Å². The Hall–Kier alpha value is -3.90. The lowest BCUT2D eigenvalue weighted by Gasteiger charge is -2.37. The third-order valence-electron chi connectivity index (χ3n) is 8.38. The number of carbonyl (C=O) groups excluding carboxylic acids is 1. The summed E-state index contributed by atoms with van der Waals surface area (Å²) in [6.07, 6.45) is 2.64. The number of nitriles is 1. The minimum atomic E-state index is 0.0370. The van der Waals surface area contributed by atoms with Crippen LogP contribution in [0, 0.1) is 18.3 Å². The van der Waals surface area contributed by atoms with E-state index in [-0.39, 0.29) is 18.0 Å². The molecule has 0 radical (unpaired) electrons. The van der Waals surface area contributed by atoms with Gasteiger partial charge in [0.15, 0.2) is 0 Å². The Morgan fingerprint density at radius 1 is 1.13 bits per heavy atom. The van der Waals surface area contributed by atoms with E-state index in [9.17, 15) is 10.1 Å². The number of anilines is 2. The van der Waals surface area contributed by atoms with Crippen molar-refractivity contribution < 1.29 is 9.53 Å². The van der Waals surface area contributed by atoms with Gasteiger partial charge in [0.05, 0.1) is 30.8 Å². The van der Waals surface area contributed by atoms with Crippen molar-refractivity contribution in [1.29, 1.82) is 5.26 Å². The zero-order valence-corrected chi connectivity index (χ0v) is 22.7. The zero-order chi connectivity index (χ0) is 26.9. The fraction of sp³-hybridized carbons (Fsp3) is 0.467. The van der Waals surface area contributed by atoms with Crippen molar-refractivity contribution in [2.75, 3.05) is 49.6 Å². The fourth-order valence-electron chi connectivity index (χ4n) is 6.18. The minimum Gasteiger partial charge on any atom is -0.461 e. The maximum atomic E-state index is 12.0. The predicted molar refractivity (Wildman–Crippen MR) is 151 cm³/mol. The fourth-order valence-corrected chi connectivity index (χ4v) is 6.18. The number of likely N-dealkylation sites (tertiary alicyclic amines) is 1. The zero-order valence-electron chi connectivity index (χ0n) is 22.7. The number of hydrogen-bond donors (Lipinski definition) is 1. The molecule has 3 aliphatic rings. The molecule has 1 N–H and O–H groups in total. The van der Waals surface area contributed by atoms with Crippen LogP contribution in [0.3, 0.4) is 0 Å². The summed E-state index contributed by atoms with van der Waals surface area (Å²) in [7, 11) is 1.84. The van der Waals surface area contributed by atoms with Crippen molar-refractivity contribution in [1.82, 2.24) is 20.2 Å². The van der Waals surface area contributed by atoms with E-state index in [2.05, 4.69) is 64.5 Å². The molecule has 2 fully saturated rings. The van der Waals surface area contributed by atoms with Crippen LogP contribution in [0.25, 0.3) is 10.8 Å². The molecular formula is C30H35N7O2. The minimum absolute atomic E-state index is 0.0370. The van der Waals surface area contributed by atoms with Crippen molar-refractivity contribution >= 4 is 28.2 Å². The van der Waals surface area contributed by atoms with E-state index in [1.54, 1.807) is 4.90 Å². The molecule has 3 aliphatic heterocycles. The lowest BCUT2D eigenvalue weighted by atomic mass is 9.99. The molecule has 0 spiro atoms. The van der Waals surface area contributed by atoms with Gasteiger partial charge >= 0.3 is 6.01 Å². The van der Waals surface area contributed by atoms with Gasteiger partial charge in [-0.25, -0.2) is 0 Å². The van der Waals surface area contributed by atoms with E-state index in [0.29, 0.717) is 32.0 Å². The molecule has 6 rings (SSSR count). The number of hydrogen-bond acceptors (Lipinski definition) is 8. The largest absolute Gasteiger partial charge is 0.461 e. The van der Waals surface area contributed by atoms with Crippen LogP contribution in [-0.4, -0.2) is 72.7 Å². The van der Waals surface area contributed by atoms with Crippen molar-refractivity contribution in [2.24, 2.45) is 0 Å². The number of aromatic nitrogens is 2. The summed E-state index contributed by atoms with van der Waals surface area (Å²) in [4.78, 5) is 28.4. The summed E-state index contributed by atoms with van der Waals surface area (Å²) in [5.74, 6) is 1.07. The van der Waals surface area contributed by atoms with E-state index in [4.69, 9.17) is 14.7 Å². The lowest BCUT2D eigenvalue weighted by Crippen LogP contribution is -2.51. The first-order valence-corrected chi connectivity index (χ1v) is 13.9. The molecule has 2 atom stereocenters. The Labute approximate surface area is 229 Å². The number of rotatable bonds is 6. The molecule has 0 unspecified atom stereocenters. The Balaban J connectivity index is 1.33. The Kier molecular flexibility index (Phi) is 6.96. The number of piperazine rings is 1. The maximum Gasteiger partial charge on any atom is 0.318 e. The molecule has 0 bridgehead atoms. The second kappa shape index (κ2) is 10.7. The highest BCUT2D eigenvalue weighted by molar-refractivity contribution is 5.97. The number of nitrogens with one attached hydrogen (secondary N) is 1. The van der Waals surface area contributed by atoms with Crippen molar-refractivity contribution in [3.8, 4) is 12.1 Å². The smallest absolute Gasteiger partial charge is 0.318 e. The summed E-state index contributed by atoms with van der Waals surface area (Å²) >= 11 is 0. The topological polar surface area (TPSA) is 97.6 Å². The molecule has 0 saturated carbocycles. The molecule has 4 heterocycles. The van der Waals surface area contributed by atoms with E-state index in [1.807, 2.05) is 7.05 Å². The summed E-state index contributed by atoms with van der Waals surface area (Å²) in [5.41, 5.74) is 4.64. The molecule has 2 saturated heterocycles. The van der Waals surface area contributed by atoms with Crippen LogP contribution in [-0.2, 0) is 17.8 Å². The third-order valence-corrected chi connectivity index (χ3v) is 8.38. The first kappa shape index (κ1) is 25.4. The van der Waals surface area contributed by atoms with Crippen LogP contribution < -0.4 is 19.9 Å². The van der Waals surface area contributed by atoms with Gasteiger partial charge in [-0.2, -0.15) is 15.2 Å². The molecule has 0 aliphatic carbocycles. The van der Waals surface area contributed by atoms with Gasteiger partial charge < -0.3 is 24.8 Å². The number of likely N-dealkylation sites (N-methyl/N-ethyl adjacent to an activating group) is 1. The Bertz CT molecular complexity index is 1430. The molecule has 1 aromatic heterocycles. The second-order valence-electron chi connectivity index (χ2n) is 10.8. The highest BCUT2D eigenvalue weighted by Crippen LogP contribution is 2.35. The van der Waals surface area contributed by atoms with Gasteiger partial charge in [0.2, 0.25) is 5.91 Å². The number of benzene rings is 2. The van der Waals surface area contributed by atoms with Gasteiger partial charge in [-0.05, 0) is 36.8 Å². The van der Waals surface area contributed by atoms with Crippen LogP contribution in [0.1, 0.15) is 36.1 Å². The first-order valence-electron chi connectivity index (χ1n) is 13.9. The predicted octanol–water partition coefficient (Wildman–Crippen LogP) is 3.19. The van der Waals surface area contributed by atoms with Gasteiger partial charge in [-0.3, -0.25) is 4.79 Å². The lowest BCUT2D eigenvalue weighted by molar-refractivity contribution is -0.127. The second-order valence-corrected chi connectivity index (χ2v) is 10.8. The van der Waals surface area contributed by atoms with E-state index < -0.39 is 0 Å². The Morgan fingerprint density at radius 2 is 1.97 bits per heavy atom. The summed E-state index contributed by atoms with van der Waals surface area (Å²) in [6, 6.07) is 15.8. The standard InChI is InChI=1S/C30H35N7O2/c1-20-5-3-6-21-7-4-8-26(28(20)21)36-15-12-24-25(18-36)33-30(39-19-23-9-10-27(38)35(23)2)34-29(24)37-16-14-32-22(17-37)11-13-31/h3-8,22-23,32H,9-12,14-19H2,1-2H3/t22-,23-/m0/s1. The number of aryl methyl sites for hydroxylation is 1. The average molecular weight is 526 g/mol. The highest BCUT2D eigenvalue weighted by Gasteiger charge is 2.31. The summed E-state index contributed by atoms with van der Waals surface area (Å²) < 4.78 is 6.18. The van der Waals surface area contributed by atoms with Crippen LogP contribution >= 0.6 is 0 Å². The monoisotopic (exact) mass is 525 g/mol. The number of fused-ring (bicyclic) bond motifs is 2. The number of amides is 1. The quantitative estimate of drug-likeness (QED) is 0.524. The Morgan fingerprint density at radius 3 is 2.77 bits per heavy atom. The van der Waals surface area contributed by atoms with E-state index >= 15 is 0 Å². The SMILES string of the molecule is Cc1cccc2cccc(N3CCc4c(nc(OC[C@@H]5CCC(=O)N5C)nc4N4CCN[C@@H](CC#N)C4)C3)c12. The van der Waals surface area contributed by atoms with Crippen LogP contribution in [0.2, 0.25) is 0 Å². The van der Waals surface area contributed by atoms with Crippen molar-refractivity contribution in [3.05, 3.63) is 53.2 Å². The molecule has 9 nitrogen and oxygen atoms in total. The maximum absolute atomic E-state index is 12.0. The van der Waals surface area contributed by atoms with Gasteiger partial charge in [0.1, 0.15) is 12.4 Å². The van der Waals surface area contributed by atoms with E-state index in [0.717, 1.165) is 50.5 Å². The highest BCUT2D eigenvalue weighted by atomic mass is 16.5. The van der Waals surface area contributed by atoms with Crippen molar-refractivity contribution in [3.63, 3.8) is 0 Å². The summed E-state index contributed by atoms with van der Waals surface area (Å²) in [6.45, 7) is 6.44. The molecule has 1 amide bonds. The molecule has 3 aromatic rings. The van der Waals surface area contributed by atoms with Crippen LogP contribution in [0.4, 0.5) is 11.5 Å². The molecule has 2 aromatic carbocycles. The van der Waals surface area contributed by atoms with Gasteiger partial charge in [0, 0.05) is 62.3 Å². The molecule has 9 heteroatoms. The number of ether oxygens (including phenoxy) is 1. The molecular weight excluding hydrogens is 490 g/mol. The van der Waals surface area contributed by atoms with Gasteiger partial charge in [-0.1, -0.05) is 30.3 Å². The molecule has 39 heavy (non-hydrogen) atoms. The average Bonchev–Trinajstić information content (AvgIpc) is 3.28. The van der Waals surface area contributed by atoms with Gasteiger partial charge in [-0.15, -0.1) is 0 Å². The van der Waals surface area contributed by atoms with E-state index in [1.165, 1.54) is 27.6 Å². The summed E-state index contributed by atoms with van der Waals surface area (Å²) in [5, 5.41) is 15.2. The number of nitrogens with zero attached hydrogens (tertiary/aromatic N) is 6. The third kappa shape index (κ3) is 4.97. The van der Waals surface area contributed by atoms with Crippen molar-refractivity contribution in [2.45, 2.75) is 51.2 Å².